The molecule has 4 heterocycles. The van der Waals surface area contributed by atoms with Gasteiger partial charge in [-0.1, -0.05) is 23.7 Å². The van der Waals surface area contributed by atoms with Crippen molar-refractivity contribution in [1.29, 1.82) is 0 Å². The first-order valence-corrected chi connectivity index (χ1v) is 12.9. The summed E-state index contributed by atoms with van der Waals surface area (Å²) in [6.45, 7) is 1.06. The number of nitrogens with zero attached hydrogens (tertiary/aromatic N) is 4. The number of hydrogen-bond donors (Lipinski definition) is 2. The quantitative estimate of drug-likeness (QED) is 0.256. The number of benzene rings is 1. The number of carbonyl (C=O) groups is 1. The van der Waals surface area contributed by atoms with E-state index in [2.05, 4.69) is 27.3 Å². The highest BCUT2D eigenvalue weighted by Crippen LogP contribution is 2.42. The monoisotopic (exact) mass is 578 g/mol. The number of nitrogens with one attached hydrogen (secondary N) is 2. The Morgan fingerprint density at radius 3 is 2.87 bits per heavy atom. The van der Waals surface area contributed by atoms with Crippen LogP contribution in [0.3, 0.4) is 0 Å². The molecule has 3 aromatic rings. The Kier molecular flexibility index (Phi) is 7.73. The minimum atomic E-state index is -2.87. The summed E-state index contributed by atoms with van der Waals surface area (Å²) in [6, 6.07) is 4.44. The molecule has 2 aliphatic rings. The number of amides is 1. The molecule has 0 saturated carbocycles. The third-order valence-electron chi connectivity index (χ3n) is 6.08. The van der Waals surface area contributed by atoms with Crippen LogP contribution in [-0.4, -0.2) is 52.1 Å². The van der Waals surface area contributed by atoms with Crippen LogP contribution in [0, 0.1) is 5.82 Å². The molecule has 2 aromatic heterocycles. The number of rotatable bonds is 10. The second-order valence-electron chi connectivity index (χ2n) is 8.82. The number of alkyl carbamates (subject to hydrolysis) is 1. The fourth-order valence-corrected chi connectivity index (χ4v) is 5.27. The van der Waals surface area contributed by atoms with E-state index >= 15 is 0 Å². The molecule has 2 aliphatic heterocycles. The standard InChI is InChI=1S/C25H22ClF3N6O3S/c1-2-8-37-12-25(13-38-24(36)33-25)11-18-19(17-5-7-35(34-17)23(28)29)20(15-4-3-14(27)10-16(15)26)32-21(31-18)22-30-6-9-39-22/h2-7,9-10,20,23H,1,8,11-13H2,(H,31,32)(H,33,36)/t20-,25+/m0/s1. The predicted octanol–water partition coefficient (Wildman–Crippen LogP) is 5.10. The Bertz CT molecular complexity index is 1440. The Morgan fingerprint density at radius 1 is 1.38 bits per heavy atom. The van der Waals surface area contributed by atoms with E-state index in [9.17, 15) is 18.0 Å². The van der Waals surface area contributed by atoms with Crippen molar-refractivity contribution in [2.24, 2.45) is 4.99 Å². The van der Waals surface area contributed by atoms with Gasteiger partial charge in [0.15, 0.2) is 10.8 Å². The summed E-state index contributed by atoms with van der Waals surface area (Å²) in [5.41, 5.74) is 0.510. The summed E-state index contributed by atoms with van der Waals surface area (Å²) in [6.07, 6.45) is 3.84. The number of amidine groups is 1. The van der Waals surface area contributed by atoms with Gasteiger partial charge in [-0.2, -0.15) is 13.9 Å². The molecule has 2 N–H and O–H groups in total. The van der Waals surface area contributed by atoms with Crippen molar-refractivity contribution in [2.75, 3.05) is 19.8 Å². The molecule has 0 unspecified atom stereocenters. The highest BCUT2D eigenvalue weighted by atomic mass is 35.5. The number of alkyl halides is 2. The summed E-state index contributed by atoms with van der Waals surface area (Å²) in [5, 5.41) is 12.6. The summed E-state index contributed by atoms with van der Waals surface area (Å²) >= 11 is 7.81. The zero-order valence-corrected chi connectivity index (χ0v) is 21.8. The third-order valence-corrected chi connectivity index (χ3v) is 7.19. The Balaban J connectivity index is 1.68. The van der Waals surface area contributed by atoms with Crippen LogP contribution in [-0.2, 0) is 9.47 Å². The van der Waals surface area contributed by atoms with Gasteiger partial charge in [0, 0.05) is 46.1 Å². The van der Waals surface area contributed by atoms with Gasteiger partial charge in [-0.25, -0.2) is 18.9 Å². The lowest BCUT2D eigenvalue weighted by Gasteiger charge is -2.33. The van der Waals surface area contributed by atoms with Crippen LogP contribution in [0.4, 0.5) is 18.0 Å². The molecule has 0 bridgehead atoms. The maximum Gasteiger partial charge on any atom is 0.407 e. The number of aliphatic imine (C=N–C) groups is 1. The average molecular weight is 579 g/mol. The van der Waals surface area contributed by atoms with E-state index in [1.807, 2.05) is 0 Å². The van der Waals surface area contributed by atoms with Crippen molar-refractivity contribution < 1.29 is 27.4 Å². The van der Waals surface area contributed by atoms with E-state index in [-0.39, 0.29) is 37.0 Å². The number of carbonyl (C=O) groups excluding carboxylic acids is 1. The van der Waals surface area contributed by atoms with Crippen molar-refractivity contribution >= 4 is 40.4 Å². The molecular formula is C25H22ClF3N6O3S. The zero-order valence-electron chi connectivity index (χ0n) is 20.2. The number of cyclic esters (lactones) is 1. The average Bonchev–Trinajstić information content (AvgIpc) is 3.66. The van der Waals surface area contributed by atoms with E-state index < -0.39 is 30.0 Å². The lowest BCUT2D eigenvalue weighted by Crippen LogP contribution is -2.50. The highest BCUT2D eigenvalue weighted by Gasteiger charge is 2.43. The lowest BCUT2D eigenvalue weighted by molar-refractivity contribution is 0.0564. The largest absolute Gasteiger partial charge is 0.447 e. The van der Waals surface area contributed by atoms with Gasteiger partial charge in [0.05, 0.1) is 18.9 Å². The first-order chi connectivity index (χ1) is 18.8. The third kappa shape index (κ3) is 5.70. The van der Waals surface area contributed by atoms with Crippen LogP contribution >= 0.6 is 22.9 Å². The van der Waals surface area contributed by atoms with Gasteiger partial charge in [0.2, 0.25) is 0 Å². The topological polar surface area (TPSA) is 103 Å². The van der Waals surface area contributed by atoms with Crippen LogP contribution in [0.15, 0.2) is 65.4 Å². The van der Waals surface area contributed by atoms with Crippen LogP contribution < -0.4 is 10.6 Å². The molecule has 14 heteroatoms. The summed E-state index contributed by atoms with van der Waals surface area (Å²) < 4.78 is 52.4. The molecule has 0 aliphatic carbocycles. The molecular weight excluding hydrogens is 557 g/mol. The second kappa shape index (κ2) is 11.2. The van der Waals surface area contributed by atoms with Gasteiger partial charge in [-0.05, 0) is 18.2 Å². The molecule has 9 nitrogen and oxygen atoms in total. The maximum absolute atomic E-state index is 14.0. The molecule has 0 radical (unpaired) electrons. The fourth-order valence-electron chi connectivity index (χ4n) is 4.42. The number of halogens is 4. The van der Waals surface area contributed by atoms with Gasteiger partial charge in [0.1, 0.15) is 24.0 Å². The predicted molar refractivity (Wildman–Crippen MR) is 139 cm³/mol. The van der Waals surface area contributed by atoms with Crippen molar-refractivity contribution in [3.05, 3.63) is 87.5 Å². The molecule has 5 rings (SSSR count). The minimum absolute atomic E-state index is 0.0153. The Labute approximate surface area is 230 Å². The van der Waals surface area contributed by atoms with E-state index in [1.54, 1.807) is 17.7 Å². The van der Waals surface area contributed by atoms with Crippen molar-refractivity contribution in [2.45, 2.75) is 24.6 Å². The minimum Gasteiger partial charge on any atom is -0.447 e. The zero-order chi connectivity index (χ0) is 27.6. The van der Waals surface area contributed by atoms with Crippen LogP contribution in [0.2, 0.25) is 5.02 Å². The molecule has 1 saturated heterocycles. The molecule has 1 fully saturated rings. The van der Waals surface area contributed by atoms with Crippen molar-refractivity contribution in [3.63, 3.8) is 0 Å². The van der Waals surface area contributed by atoms with Crippen LogP contribution in [0.25, 0.3) is 5.57 Å². The van der Waals surface area contributed by atoms with E-state index in [4.69, 9.17) is 26.1 Å². The van der Waals surface area contributed by atoms with Gasteiger partial charge in [-0.3, -0.25) is 4.99 Å². The number of hydrogen-bond acceptors (Lipinski definition) is 8. The Hall–Kier alpha value is -3.68. The summed E-state index contributed by atoms with van der Waals surface area (Å²) in [7, 11) is 0. The fraction of sp³-hybridized carbons (Fsp3) is 0.280. The van der Waals surface area contributed by atoms with Crippen LogP contribution in [0.5, 0.6) is 0 Å². The molecule has 39 heavy (non-hydrogen) atoms. The van der Waals surface area contributed by atoms with Crippen molar-refractivity contribution in [3.8, 4) is 0 Å². The molecule has 2 atom stereocenters. The normalized spacial score (nSPS) is 21.0. The van der Waals surface area contributed by atoms with E-state index in [0.29, 0.717) is 32.4 Å². The molecule has 1 amide bonds. The number of aromatic nitrogens is 3. The molecule has 0 spiro atoms. The Morgan fingerprint density at radius 2 is 2.23 bits per heavy atom. The van der Waals surface area contributed by atoms with Gasteiger partial charge < -0.3 is 20.1 Å². The van der Waals surface area contributed by atoms with Crippen molar-refractivity contribution in [1.82, 2.24) is 25.4 Å². The maximum atomic E-state index is 14.0. The smallest absolute Gasteiger partial charge is 0.407 e. The SMILES string of the molecule is C=CCOC[C@]1(CC2=C(c3ccn(C(F)F)n3)[C@H](c3ccc(F)cc3Cl)N=C(c3nccs3)N2)COC(=O)N1. The molecule has 1 aromatic carbocycles. The first kappa shape index (κ1) is 26.9. The summed E-state index contributed by atoms with van der Waals surface area (Å²) in [5.74, 6) is -0.159. The number of ether oxygens (including phenoxy) is 2. The lowest BCUT2D eigenvalue weighted by atomic mass is 9.87. The second-order valence-corrected chi connectivity index (χ2v) is 10.1. The summed E-state index contributed by atoms with van der Waals surface area (Å²) in [4.78, 5) is 21.3. The van der Waals surface area contributed by atoms with Crippen LogP contribution in [0.1, 0.15) is 35.3 Å². The van der Waals surface area contributed by atoms with E-state index in [0.717, 1.165) is 12.3 Å². The number of thiazole rings is 1. The van der Waals surface area contributed by atoms with Gasteiger partial charge >= 0.3 is 12.6 Å². The first-order valence-electron chi connectivity index (χ1n) is 11.7. The van der Waals surface area contributed by atoms with E-state index in [1.165, 1.54) is 29.5 Å². The molecule has 204 valence electrons. The van der Waals surface area contributed by atoms with Gasteiger partial charge in [0.25, 0.3) is 0 Å². The highest BCUT2D eigenvalue weighted by molar-refractivity contribution is 7.11. The van der Waals surface area contributed by atoms with Gasteiger partial charge in [-0.15, -0.1) is 17.9 Å².